The molecule has 6 heteroatoms. The average molecular weight is 497 g/mol. The lowest BCUT2D eigenvalue weighted by Crippen LogP contribution is -2.39. The van der Waals surface area contributed by atoms with E-state index in [1.807, 2.05) is 0 Å². The zero-order valence-corrected chi connectivity index (χ0v) is 24.1. The quantitative estimate of drug-likeness (QED) is 0.136. The van der Waals surface area contributed by atoms with E-state index in [0.717, 1.165) is 49.7 Å². The standard InChI is InChI=1S/C24H52N2S4/c1-5-9-13-17-25(23(27)29-21-15-11-7-3)19-20-26(18-14-10-6-2)24(28)30-22-16-12-8-4/h5-22,29-30H2,1-4H3. The molecule has 0 fully saturated rings. The number of hydrogen-bond acceptors (Lipinski definition) is 2. The fourth-order valence-corrected chi connectivity index (χ4v) is 6.49. The predicted molar refractivity (Wildman–Crippen MR) is 157 cm³/mol. The first-order valence-electron chi connectivity index (χ1n) is 12.7. The summed E-state index contributed by atoms with van der Waals surface area (Å²) in [6, 6.07) is 0. The van der Waals surface area contributed by atoms with Crippen LogP contribution in [0.25, 0.3) is 0 Å². The largest absolute Gasteiger partial charge is 0.357 e. The van der Waals surface area contributed by atoms with Crippen molar-refractivity contribution in [2.45, 2.75) is 105 Å². The highest BCUT2D eigenvalue weighted by molar-refractivity contribution is 8.23. The Labute approximate surface area is 208 Å². The molecule has 0 amide bonds. The molecule has 0 saturated carbocycles. The normalized spacial score (nSPS) is 12.3. The van der Waals surface area contributed by atoms with Crippen LogP contribution in [0.5, 0.6) is 0 Å². The molecule has 0 rings (SSSR count). The van der Waals surface area contributed by atoms with Gasteiger partial charge in [-0.05, 0) is 37.2 Å². The Bertz CT molecular complexity index is 380. The minimum Gasteiger partial charge on any atom is -0.357 e. The van der Waals surface area contributed by atoms with Gasteiger partial charge in [0.2, 0.25) is 0 Å². The Hall–Kier alpha value is 0.480. The third kappa shape index (κ3) is 17.1. The maximum absolute atomic E-state index is 5.89. The van der Waals surface area contributed by atoms with Crippen LogP contribution in [0.3, 0.4) is 0 Å². The van der Waals surface area contributed by atoms with E-state index < -0.39 is 0 Å². The Morgan fingerprint density at radius 2 is 0.833 bits per heavy atom. The summed E-state index contributed by atoms with van der Waals surface area (Å²) in [5.41, 5.74) is 0. The highest BCUT2D eigenvalue weighted by atomic mass is 32.2. The zero-order chi connectivity index (χ0) is 22.5. The molecule has 0 saturated heterocycles. The highest BCUT2D eigenvalue weighted by Gasteiger charge is 2.13. The van der Waals surface area contributed by atoms with Gasteiger partial charge in [-0.25, -0.2) is 23.5 Å². The van der Waals surface area contributed by atoms with Crippen molar-refractivity contribution < 1.29 is 0 Å². The van der Waals surface area contributed by atoms with Gasteiger partial charge in [0.15, 0.2) is 0 Å². The van der Waals surface area contributed by atoms with E-state index in [1.54, 1.807) is 0 Å². The molecule has 0 unspecified atom stereocenters. The minimum atomic E-state index is 0.815. The van der Waals surface area contributed by atoms with E-state index in [1.165, 1.54) is 97.2 Å². The van der Waals surface area contributed by atoms with Gasteiger partial charge in [-0.15, -0.1) is 0 Å². The van der Waals surface area contributed by atoms with Crippen LogP contribution in [-0.4, -0.2) is 56.1 Å². The number of rotatable bonds is 19. The smallest absolute Gasteiger partial charge is 0.113 e. The van der Waals surface area contributed by atoms with Crippen LogP contribution in [0, 0.1) is 0 Å². The van der Waals surface area contributed by atoms with Crippen LogP contribution < -0.4 is 0 Å². The molecule has 0 atom stereocenters. The van der Waals surface area contributed by atoms with E-state index in [-0.39, 0.29) is 0 Å². The molecular weight excluding hydrogens is 445 g/mol. The molecular formula is C24H52N2S4. The first-order chi connectivity index (χ1) is 14.6. The van der Waals surface area contributed by atoms with Crippen molar-refractivity contribution >= 4 is 56.6 Å². The van der Waals surface area contributed by atoms with Crippen molar-refractivity contribution in [2.75, 3.05) is 37.7 Å². The highest BCUT2D eigenvalue weighted by Crippen LogP contribution is 2.17. The Balaban J connectivity index is 4.73. The Morgan fingerprint density at radius 1 is 0.500 bits per heavy atom. The topological polar surface area (TPSA) is 6.48 Å². The van der Waals surface area contributed by atoms with Gasteiger partial charge < -0.3 is 9.80 Å². The second-order valence-corrected chi connectivity index (χ2v) is 12.4. The summed E-state index contributed by atoms with van der Waals surface area (Å²) in [6.07, 6.45) is 15.6. The Kier molecular flexibility index (Phi) is 23.0. The van der Waals surface area contributed by atoms with Gasteiger partial charge >= 0.3 is 0 Å². The molecule has 0 N–H and O–H groups in total. The zero-order valence-electron chi connectivity index (χ0n) is 20.4. The fraction of sp³-hybridized carbons (Fsp3) is 0.917. The van der Waals surface area contributed by atoms with Gasteiger partial charge in [-0.1, -0.05) is 103 Å². The first kappa shape index (κ1) is 30.5. The summed E-state index contributed by atoms with van der Waals surface area (Å²) in [7, 11) is 0. The molecule has 0 aliphatic carbocycles. The molecule has 182 valence electrons. The summed E-state index contributed by atoms with van der Waals surface area (Å²) in [4.78, 5) is 5.04. The average Bonchev–Trinajstić information content (AvgIpc) is 2.75. The van der Waals surface area contributed by atoms with Gasteiger partial charge in [-0.3, -0.25) is 0 Å². The maximum Gasteiger partial charge on any atom is 0.113 e. The minimum absolute atomic E-state index is 0.815. The first-order valence-corrected chi connectivity index (χ1v) is 15.9. The third-order valence-electron chi connectivity index (χ3n) is 5.39. The number of unbranched alkanes of at least 4 members (excludes halogenated alkanes) is 8. The molecule has 2 nitrogen and oxygen atoms in total. The van der Waals surface area contributed by atoms with Gasteiger partial charge in [-0.2, -0.15) is 0 Å². The number of thiocarbonyl (C=S) groups is 2. The molecule has 0 radical (unpaired) electrons. The SMILES string of the molecule is CCCCC[SH2]C(=S)N(CCCCC)CCN(CCCCC)C(=S)[SH2]CCCCC. The van der Waals surface area contributed by atoms with Crippen molar-refractivity contribution in [3.8, 4) is 0 Å². The molecule has 0 aromatic carbocycles. The van der Waals surface area contributed by atoms with E-state index in [9.17, 15) is 0 Å². The summed E-state index contributed by atoms with van der Waals surface area (Å²) < 4.78 is 2.43. The van der Waals surface area contributed by atoms with Crippen molar-refractivity contribution in [2.24, 2.45) is 0 Å². The summed E-state index contributed by atoms with van der Waals surface area (Å²) in [5.74, 6) is 2.54. The molecule has 30 heavy (non-hydrogen) atoms. The van der Waals surface area contributed by atoms with Crippen LogP contribution in [0.2, 0.25) is 0 Å². The van der Waals surface area contributed by atoms with Crippen molar-refractivity contribution in [1.82, 2.24) is 9.80 Å². The van der Waals surface area contributed by atoms with Crippen LogP contribution in [-0.2, 0) is 0 Å². The van der Waals surface area contributed by atoms with Gasteiger partial charge in [0.25, 0.3) is 0 Å². The molecule has 0 aromatic heterocycles. The summed E-state index contributed by atoms with van der Waals surface area (Å²) in [6.45, 7) is 13.5. The van der Waals surface area contributed by atoms with E-state index in [4.69, 9.17) is 24.4 Å². The number of nitrogens with zero attached hydrogens (tertiary/aromatic N) is 2. The van der Waals surface area contributed by atoms with Crippen LogP contribution in [0.1, 0.15) is 105 Å². The molecule has 0 bridgehead atoms. The van der Waals surface area contributed by atoms with E-state index >= 15 is 0 Å². The van der Waals surface area contributed by atoms with Crippen molar-refractivity contribution in [3.05, 3.63) is 0 Å². The van der Waals surface area contributed by atoms with Gasteiger partial charge in [0, 0.05) is 26.2 Å². The lowest BCUT2D eigenvalue weighted by Gasteiger charge is -2.31. The van der Waals surface area contributed by atoms with Crippen molar-refractivity contribution in [1.29, 1.82) is 0 Å². The monoisotopic (exact) mass is 496 g/mol. The lowest BCUT2D eigenvalue weighted by molar-refractivity contribution is 0.340. The lowest BCUT2D eigenvalue weighted by atomic mass is 10.2. The second-order valence-electron chi connectivity index (χ2n) is 8.27. The fourth-order valence-electron chi connectivity index (χ4n) is 3.34. The van der Waals surface area contributed by atoms with Crippen LogP contribution >= 0.6 is 48.0 Å². The predicted octanol–water partition coefficient (Wildman–Crippen LogP) is 7.32. The van der Waals surface area contributed by atoms with Crippen LogP contribution in [0.15, 0.2) is 0 Å². The van der Waals surface area contributed by atoms with Gasteiger partial charge in [0.05, 0.1) is 0 Å². The number of hydrogen-bond donors (Lipinski definition) is 0. The van der Waals surface area contributed by atoms with E-state index in [0.29, 0.717) is 0 Å². The molecule has 0 aliphatic heterocycles. The molecule has 0 spiro atoms. The summed E-state index contributed by atoms with van der Waals surface area (Å²) >= 11 is 13.4. The van der Waals surface area contributed by atoms with Crippen LogP contribution in [0.4, 0.5) is 0 Å². The molecule has 0 aromatic rings. The molecule has 0 heterocycles. The molecule has 0 aliphatic rings. The Morgan fingerprint density at radius 3 is 1.17 bits per heavy atom. The summed E-state index contributed by atoms with van der Waals surface area (Å²) in [5, 5.41) is 0. The third-order valence-corrected chi connectivity index (χ3v) is 9.22. The van der Waals surface area contributed by atoms with E-state index in [2.05, 4.69) is 37.5 Å². The maximum atomic E-state index is 5.89. The van der Waals surface area contributed by atoms with Crippen molar-refractivity contribution in [3.63, 3.8) is 0 Å². The second kappa shape index (κ2) is 22.7. The van der Waals surface area contributed by atoms with Gasteiger partial charge in [0.1, 0.15) is 8.64 Å².